The van der Waals surface area contributed by atoms with Gasteiger partial charge in [0.05, 0.1) is 16.9 Å². The Morgan fingerprint density at radius 2 is 2.14 bits per heavy atom. The lowest BCUT2D eigenvalue weighted by molar-refractivity contribution is 0.284. The molecule has 6 nitrogen and oxygen atoms in total. The lowest BCUT2D eigenvalue weighted by atomic mass is 9.75. The Kier molecular flexibility index (Phi) is 3.74. The molecule has 0 amide bonds. The average molecular weight is 284 g/mol. The van der Waals surface area contributed by atoms with Crippen molar-refractivity contribution < 1.29 is 0 Å². The van der Waals surface area contributed by atoms with Crippen LogP contribution in [0.25, 0.3) is 11.0 Å². The Balaban J connectivity index is 1.85. The fourth-order valence-corrected chi connectivity index (χ4v) is 3.11. The van der Waals surface area contributed by atoms with Crippen molar-refractivity contribution in [1.29, 1.82) is 5.26 Å². The number of nitrogens with zero attached hydrogens (tertiary/aromatic N) is 4. The molecule has 2 N–H and O–H groups in total. The van der Waals surface area contributed by atoms with E-state index in [2.05, 4.69) is 38.5 Å². The highest BCUT2D eigenvalue weighted by Crippen LogP contribution is 2.36. The molecule has 0 radical (unpaired) electrons. The standard InChI is InChI=1S/C15H20N6/c1-2-11-12-13(18-10-19-14(12)21-20-11)17-9-15(8-16)6-4-3-5-7-15/h10H,2-7,9H2,1H3,(H2,17,18,19,20,21). The summed E-state index contributed by atoms with van der Waals surface area (Å²) in [6.07, 6.45) is 7.82. The van der Waals surface area contributed by atoms with Gasteiger partial charge in [-0.25, -0.2) is 9.97 Å². The molecule has 110 valence electrons. The van der Waals surface area contributed by atoms with E-state index in [-0.39, 0.29) is 5.41 Å². The van der Waals surface area contributed by atoms with Crippen LogP contribution >= 0.6 is 0 Å². The molecule has 1 aliphatic rings. The van der Waals surface area contributed by atoms with Crippen molar-refractivity contribution in [1.82, 2.24) is 20.2 Å². The zero-order chi connectivity index (χ0) is 14.7. The SMILES string of the molecule is CCc1[nH]nc2ncnc(NCC3(C#N)CCCCC3)c12. The monoisotopic (exact) mass is 284 g/mol. The molecule has 21 heavy (non-hydrogen) atoms. The van der Waals surface area contributed by atoms with Crippen molar-refractivity contribution >= 4 is 16.9 Å². The predicted octanol–water partition coefficient (Wildman–Crippen LogP) is 2.80. The molecule has 3 rings (SSSR count). The van der Waals surface area contributed by atoms with Crippen LogP contribution in [-0.4, -0.2) is 26.7 Å². The average Bonchev–Trinajstić information content (AvgIpc) is 2.97. The second kappa shape index (κ2) is 5.68. The van der Waals surface area contributed by atoms with Crippen LogP contribution < -0.4 is 5.32 Å². The van der Waals surface area contributed by atoms with Crippen LogP contribution in [0.5, 0.6) is 0 Å². The number of aromatic nitrogens is 4. The van der Waals surface area contributed by atoms with Gasteiger partial charge in [0.25, 0.3) is 0 Å². The second-order valence-corrected chi connectivity index (χ2v) is 5.78. The fourth-order valence-electron chi connectivity index (χ4n) is 3.11. The molecule has 0 aliphatic heterocycles. The highest BCUT2D eigenvalue weighted by Gasteiger charge is 2.32. The van der Waals surface area contributed by atoms with E-state index in [4.69, 9.17) is 0 Å². The van der Waals surface area contributed by atoms with Crippen molar-refractivity contribution in [2.75, 3.05) is 11.9 Å². The van der Waals surface area contributed by atoms with Crippen LogP contribution in [0, 0.1) is 16.7 Å². The summed E-state index contributed by atoms with van der Waals surface area (Å²) in [5.74, 6) is 0.783. The van der Waals surface area contributed by atoms with E-state index in [1.165, 1.54) is 12.7 Å². The van der Waals surface area contributed by atoms with E-state index < -0.39 is 0 Å². The van der Waals surface area contributed by atoms with Crippen LogP contribution in [0.2, 0.25) is 0 Å². The van der Waals surface area contributed by atoms with Gasteiger partial charge in [-0.05, 0) is 19.3 Å². The molecule has 2 aromatic heterocycles. The van der Waals surface area contributed by atoms with Crippen molar-refractivity contribution in [2.24, 2.45) is 5.41 Å². The van der Waals surface area contributed by atoms with Crippen LogP contribution in [0.1, 0.15) is 44.7 Å². The van der Waals surface area contributed by atoms with Gasteiger partial charge < -0.3 is 5.32 Å². The second-order valence-electron chi connectivity index (χ2n) is 5.78. The summed E-state index contributed by atoms with van der Waals surface area (Å²) in [4.78, 5) is 8.53. The zero-order valence-corrected chi connectivity index (χ0v) is 12.3. The van der Waals surface area contributed by atoms with Gasteiger partial charge in [0.15, 0.2) is 5.65 Å². The van der Waals surface area contributed by atoms with E-state index in [1.54, 1.807) is 0 Å². The molecule has 1 saturated carbocycles. The normalized spacial score (nSPS) is 17.5. The van der Waals surface area contributed by atoms with E-state index in [0.29, 0.717) is 12.2 Å². The number of hydrogen-bond donors (Lipinski definition) is 2. The number of nitriles is 1. The summed E-state index contributed by atoms with van der Waals surface area (Å²) in [5.41, 5.74) is 1.45. The van der Waals surface area contributed by atoms with Gasteiger partial charge in [-0.15, -0.1) is 0 Å². The maximum atomic E-state index is 9.55. The van der Waals surface area contributed by atoms with Gasteiger partial charge in [0.1, 0.15) is 12.1 Å². The minimum absolute atomic E-state index is 0.258. The molecule has 1 fully saturated rings. The Morgan fingerprint density at radius 3 is 2.86 bits per heavy atom. The number of rotatable bonds is 4. The Hall–Kier alpha value is -2.16. The lowest BCUT2D eigenvalue weighted by Gasteiger charge is -2.30. The largest absolute Gasteiger partial charge is 0.368 e. The van der Waals surface area contributed by atoms with Gasteiger partial charge in [0.2, 0.25) is 0 Å². The van der Waals surface area contributed by atoms with Crippen molar-refractivity contribution in [2.45, 2.75) is 45.4 Å². The number of aromatic amines is 1. The molecule has 1 aliphatic carbocycles. The summed E-state index contributed by atoms with van der Waals surface area (Å²) in [6.45, 7) is 2.71. The molecular weight excluding hydrogens is 264 g/mol. The van der Waals surface area contributed by atoms with Crippen molar-refractivity contribution in [3.05, 3.63) is 12.0 Å². The molecule has 0 spiro atoms. The molecule has 0 saturated heterocycles. The highest BCUT2D eigenvalue weighted by atomic mass is 15.2. The van der Waals surface area contributed by atoms with E-state index >= 15 is 0 Å². The number of aryl methyl sites for hydroxylation is 1. The first-order chi connectivity index (χ1) is 10.3. The molecule has 0 unspecified atom stereocenters. The first kappa shape index (κ1) is 13.8. The third-order valence-corrected chi connectivity index (χ3v) is 4.42. The Morgan fingerprint density at radius 1 is 1.33 bits per heavy atom. The third-order valence-electron chi connectivity index (χ3n) is 4.42. The number of anilines is 1. The van der Waals surface area contributed by atoms with Gasteiger partial charge >= 0.3 is 0 Å². The van der Waals surface area contributed by atoms with E-state index in [9.17, 15) is 5.26 Å². The molecule has 6 heteroatoms. The highest BCUT2D eigenvalue weighted by molar-refractivity contribution is 5.88. The topological polar surface area (TPSA) is 90.3 Å². The molecule has 2 aromatic rings. The number of hydrogen-bond acceptors (Lipinski definition) is 5. The molecule has 0 aromatic carbocycles. The molecule has 0 bridgehead atoms. The third kappa shape index (κ3) is 2.56. The Bertz CT molecular complexity index is 662. The maximum Gasteiger partial charge on any atom is 0.186 e. The molecular formula is C15H20N6. The van der Waals surface area contributed by atoms with Gasteiger partial charge in [-0.1, -0.05) is 26.2 Å². The van der Waals surface area contributed by atoms with Crippen LogP contribution in [0.4, 0.5) is 5.82 Å². The number of nitrogens with one attached hydrogen (secondary N) is 2. The number of H-pyrrole nitrogens is 1. The first-order valence-corrected chi connectivity index (χ1v) is 7.61. The van der Waals surface area contributed by atoms with Crippen molar-refractivity contribution in [3.63, 3.8) is 0 Å². The summed E-state index contributed by atoms with van der Waals surface area (Å²) in [5, 5.41) is 21.1. The summed E-state index contributed by atoms with van der Waals surface area (Å²) < 4.78 is 0. The van der Waals surface area contributed by atoms with Crippen LogP contribution in [-0.2, 0) is 6.42 Å². The Labute approximate surface area is 124 Å². The maximum absolute atomic E-state index is 9.55. The minimum Gasteiger partial charge on any atom is -0.368 e. The quantitative estimate of drug-likeness (QED) is 0.901. The van der Waals surface area contributed by atoms with Crippen LogP contribution in [0.15, 0.2) is 6.33 Å². The van der Waals surface area contributed by atoms with E-state index in [1.807, 2.05) is 0 Å². The smallest absolute Gasteiger partial charge is 0.186 e. The van der Waals surface area contributed by atoms with E-state index in [0.717, 1.165) is 49.0 Å². The van der Waals surface area contributed by atoms with Gasteiger partial charge in [0, 0.05) is 12.2 Å². The molecule has 0 atom stereocenters. The summed E-state index contributed by atoms with van der Waals surface area (Å²) >= 11 is 0. The molecule has 2 heterocycles. The summed E-state index contributed by atoms with van der Waals surface area (Å²) in [7, 11) is 0. The van der Waals surface area contributed by atoms with Crippen LogP contribution in [0.3, 0.4) is 0 Å². The van der Waals surface area contributed by atoms with Gasteiger partial charge in [-0.2, -0.15) is 10.4 Å². The van der Waals surface area contributed by atoms with Gasteiger partial charge in [-0.3, -0.25) is 5.10 Å². The number of fused-ring (bicyclic) bond motifs is 1. The predicted molar refractivity (Wildman–Crippen MR) is 80.7 cm³/mol. The lowest BCUT2D eigenvalue weighted by Crippen LogP contribution is -2.30. The summed E-state index contributed by atoms with van der Waals surface area (Å²) in [6, 6.07) is 2.53. The minimum atomic E-state index is -0.258. The van der Waals surface area contributed by atoms with Crippen molar-refractivity contribution in [3.8, 4) is 6.07 Å². The first-order valence-electron chi connectivity index (χ1n) is 7.61. The zero-order valence-electron chi connectivity index (χ0n) is 12.3. The fraction of sp³-hybridized carbons (Fsp3) is 0.600.